The van der Waals surface area contributed by atoms with Crippen molar-refractivity contribution in [2.24, 2.45) is 5.10 Å². The Bertz CT molecular complexity index is 1050. The van der Waals surface area contributed by atoms with Crippen molar-refractivity contribution in [2.45, 2.75) is 38.0 Å². The molecule has 138 valence electrons. The van der Waals surface area contributed by atoms with E-state index in [1.165, 1.54) is 23.9 Å². The van der Waals surface area contributed by atoms with Gasteiger partial charge in [0.05, 0.1) is 17.2 Å². The third-order valence-corrected chi connectivity index (χ3v) is 5.37. The second-order valence-electron chi connectivity index (χ2n) is 6.72. The lowest BCUT2D eigenvalue weighted by Crippen LogP contribution is -2.25. The van der Waals surface area contributed by atoms with Gasteiger partial charge in [-0.15, -0.1) is 0 Å². The molecule has 0 N–H and O–H groups in total. The van der Waals surface area contributed by atoms with Gasteiger partial charge in [0.1, 0.15) is 11.6 Å². The van der Waals surface area contributed by atoms with E-state index in [-0.39, 0.29) is 11.5 Å². The number of allylic oxidation sites excluding steroid dienone is 1. The number of halogens is 1. The van der Waals surface area contributed by atoms with Gasteiger partial charge in [0.15, 0.2) is 0 Å². The molecule has 0 amide bonds. The Morgan fingerprint density at radius 3 is 2.85 bits per heavy atom. The quantitative estimate of drug-likeness (QED) is 0.529. The van der Waals surface area contributed by atoms with E-state index in [9.17, 15) is 4.79 Å². The fraction of sp³-hybridized carbons (Fsp3) is 0.286. The maximum atomic E-state index is 13.1. The number of aromatic nitrogens is 2. The van der Waals surface area contributed by atoms with Crippen molar-refractivity contribution in [3.8, 4) is 0 Å². The lowest BCUT2D eigenvalue weighted by Gasteiger charge is -2.22. The molecule has 0 saturated heterocycles. The normalized spacial score (nSPS) is 16.0. The zero-order valence-electron chi connectivity index (χ0n) is 14.8. The fourth-order valence-electron chi connectivity index (χ4n) is 3.53. The summed E-state index contributed by atoms with van der Waals surface area (Å²) in [7, 11) is 0. The first-order valence-corrected chi connectivity index (χ1v) is 9.98. The zero-order valence-corrected chi connectivity index (χ0v) is 16.4. The summed E-state index contributed by atoms with van der Waals surface area (Å²) in [5.74, 6) is 1.77. The van der Waals surface area contributed by atoms with Crippen LogP contribution < -0.4 is 5.56 Å². The summed E-state index contributed by atoms with van der Waals surface area (Å²) in [5.41, 5.74) is 0.589. The van der Waals surface area contributed by atoms with Gasteiger partial charge < -0.3 is 4.42 Å². The summed E-state index contributed by atoms with van der Waals surface area (Å²) in [6, 6.07) is 9.30. The van der Waals surface area contributed by atoms with Gasteiger partial charge in [-0.1, -0.05) is 35.2 Å². The predicted octanol–water partition coefficient (Wildman–Crippen LogP) is 5.35. The van der Waals surface area contributed by atoms with Crippen LogP contribution in [0.5, 0.6) is 0 Å². The minimum atomic E-state index is -0.135. The lowest BCUT2D eigenvalue weighted by molar-refractivity contribution is 0.416. The number of rotatable bonds is 4. The molecule has 2 aromatic heterocycles. The van der Waals surface area contributed by atoms with Crippen LogP contribution >= 0.6 is 15.9 Å². The number of benzene rings is 1. The molecule has 0 radical (unpaired) electrons. The molecule has 6 heteroatoms. The summed E-state index contributed by atoms with van der Waals surface area (Å²) < 4.78 is 7.59. The molecule has 1 aromatic carbocycles. The molecule has 1 aliphatic rings. The Morgan fingerprint density at radius 1 is 1.22 bits per heavy atom. The molecule has 3 aromatic rings. The first kappa shape index (κ1) is 17.9. The average Bonchev–Trinajstić information content (AvgIpc) is 3.21. The molecule has 0 spiro atoms. The fourth-order valence-corrected chi connectivity index (χ4v) is 3.89. The van der Waals surface area contributed by atoms with Crippen LogP contribution in [0.4, 0.5) is 0 Å². The second kappa shape index (κ2) is 8.05. The highest BCUT2D eigenvalue weighted by Crippen LogP contribution is 2.32. The van der Waals surface area contributed by atoms with Crippen molar-refractivity contribution in [3.63, 3.8) is 0 Å². The first-order valence-electron chi connectivity index (χ1n) is 9.19. The Labute approximate surface area is 165 Å². The van der Waals surface area contributed by atoms with Gasteiger partial charge in [-0.05, 0) is 55.3 Å². The summed E-state index contributed by atoms with van der Waals surface area (Å²) in [6.07, 6.45) is 12.5. The highest BCUT2D eigenvalue weighted by Gasteiger charge is 2.22. The van der Waals surface area contributed by atoms with Crippen molar-refractivity contribution in [1.82, 2.24) is 9.66 Å². The minimum Gasteiger partial charge on any atom is -0.465 e. The molecular weight excluding hydrogens is 406 g/mol. The molecule has 1 aliphatic carbocycles. The van der Waals surface area contributed by atoms with Gasteiger partial charge in [0.2, 0.25) is 0 Å². The molecule has 0 atom stereocenters. The number of nitrogens with zero attached hydrogens (tertiary/aromatic N) is 3. The topological polar surface area (TPSA) is 60.4 Å². The van der Waals surface area contributed by atoms with Crippen molar-refractivity contribution < 1.29 is 4.42 Å². The largest absolute Gasteiger partial charge is 0.465 e. The van der Waals surface area contributed by atoms with Crippen molar-refractivity contribution in [1.29, 1.82) is 0 Å². The molecular formula is C21H20BrN3O2. The molecule has 0 aliphatic heterocycles. The van der Waals surface area contributed by atoms with Crippen LogP contribution in [0.2, 0.25) is 0 Å². The average molecular weight is 426 g/mol. The summed E-state index contributed by atoms with van der Waals surface area (Å²) in [5, 5.41) is 5.00. The molecule has 1 fully saturated rings. The first-order chi connectivity index (χ1) is 13.2. The second-order valence-corrected chi connectivity index (χ2v) is 7.64. The third-order valence-electron chi connectivity index (χ3n) is 4.88. The van der Waals surface area contributed by atoms with Crippen LogP contribution in [0, 0.1) is 0 Å². The van der Waals surface area contributed by atoms with E-state index in [0.29, 0.717) is 5.39 Å². The van der Waals surface area contributed by atoms with E-state index >= 15 is 0 Å². The molecule has 5 nitrogen and oxygen atoms in total. The van der Waals surface area contributed by atoms with Gasteiger partial charge in [0.25, 0.3) is 5.56 Å². The SMILES string of the molecule is O=c1c2cc(Br)ccc2nc(C2CCCCC2)n1N=C/C=C/c1ccco1. The predicted molar refractivity (Wildman–Crippen MR) is 111 cm³/mol. The van der Waals surface area contributed by atoms with Gasteiger partial charge in [-0.2, -0.15) is 9.78 Å². The van der Waals surface area contributed by atoms with E-state index in [4.69, 9.17) is 9.40 Å². The summed E-state index contributed by atoms with van der Waals surface area (Å²) in [6.45, 7) is 0. The molecule has 2 heterocycles. The highest BCUT2D eigenvalue weighted by molar-refractivity contribution is 9.10. The van der Waals surface area contributed by atoms with Gasteiger partial charge >= 0.3 is 0 Å². The number of furan rings is 1. The standard InChI is InChI=1S/C21H20BrN3O2/c22-16-10-11-19-18(14-16)21(26)25(20(24-19)15-6-2-1-3-7-15)23-12-4-8-17-9-5-13-27-17/h4-5,8-15H,1-3,6-7H2/b8-4+,23-12?. The van der Waals surface area contributed by atoms with Crippen LogP contribution in [-0.4, -0.2) is 15.9 Å². The van der Waals surface area contributed by atoms with Crippen molar-refractivity contribution >= 4 is 39.1 Å². The van der Waals surface area contributed by atoms with Crippen LogP contribution in [0.1, 0.15) is 49.6 Å². The smallest absolute Gasteiger partial charge is 0.282 e. The molecule has 4 rings (SSSR count). The zero-order chi connectivity index (χ0) is 18.6. The minimum absolute atomic E-state index is 0.135. The number of fused-ring (bicyclic) bond motifs is 1. The van der Waals surface area contributed by atoms with E-state index in [1.54, 1.807) is 30.7 Å². The van der Waals surface area contributed by atoms with E-state index < -0.39 is 0 Å². The van der Waals surface area contributed by atoms with Crippen LogP contribution in [0.25, 0.3) is 17.0 Å². The monoisotopic (exact) mass is 425 g/mol. The molecule has 1 saturated carbocycles. The van der Waals surface area contributed by atoms with Crippen molar-refractivity contribution in [3.05, 3.63) is 69.1 Å². The molecule has 0 bridgehead atoms. The van der Waals surface area contributed by atoms with E-state index in [1.807, 2.05) is 24.3 Å². The molecule has 0 unspecified atom stereocenters. The lowest BCUT2D eigenvalue weighted by atomic mass is 9.88. The molecule has 27 heavy (non-hydrogen) atoms. The van der Waals surface area contributed by atoms with Gasteiger partial charge in [-0.3, -0.25) is 4.79 Å². The van der Waals surface area contributed by atoms with Crippen LogP contribution in [0.15, 0.2) is 61.5 Å². The maximum Gasteiger partial charge on any atom is 0.282 e. The number of hydrogen-bond donors (Lipinski definition) is 0. The summed E-state index contributed by atoms with van der Waals surface area (Å²) in [4.78, 5) is 17.9. The Kier molecular flexibility index (Phi) is 5.34. The third kappa shape index (κ3) is 3.95. The number of hydrogen-bond acceptors (Lipinski definition) is 4. The van der Waals surface area contributed by atoms with Gasteiger partial charge in [-0.25, -0.2) is 4.98 Å². The summed E-state index contributed by atoms with van der Waals surface area (Å²) >= 11 is 3.44. The van der Waals surface area contributed by atoms with Crippen LogP contribution in [0.3, 0.4) is 0 Å². The van der Waals surface area contributed by atoms with Crippen molar-refractivity contribution in [2.75, 3.05) is 0 Å². The van der Waals surface area contributed by atoms with Crippen LogP contribution in [-0.2, 0) is 0 Å². The Morgan fingerprint density at radius 2 is 2.07 bits per heavy atom. The highest BCUT2D eigenvalue weighted by atomic mass is 79.9. The Balaban J connectivity index is 1.77. The maximum absolute atomic E-state index is 13.1. The van der Waals surface area contributed by atoms with Gasteiger partial charge in [0, 0.05) is 16.6 Å². The van der Waals surface area contributed by atoms with E-state index in [0.717, 1.165) is 34.4 Å². The van der Waals surface area contributed by atoms with E-state index in [2.05, 4.69) is 21.0 Å². The Hall–Kier alpha value is -2.47.